The number of aliphatic hydroxyl groups excluding tert-OH is 1. The van der Waals surface area contributed by atoms with Gasteiger partial charge in [-0.05, 0) is 26.3 Å². The summed E-state index contributed by atoms with van der Waals surface area (Å²) < 4.78 is 42.4. The summed E-state index contributed by atoms with van der Waals surface area (Å²) in [7, 11) is 0. The zero-order chi connectivity index (χ0) is 21.4. The minimum atomic E-state index is -4.67. The molecule has 0 atom stereocenters. The average molecular weight is 428 g/mol. The SMILES string of the molecule is CC(C)(O)CCn1ncc(-c2[nH]cc(-c3ccccc3Cl)c2CO)c1C(F)(F)F. The minimum absolute atomic E-state index is 0.0969. The second-order valence-electron chi connectivity index (χ2n) is 7.38. The summed E-state index contributed by atoms with van der Waals surface area (Å²) in [6.07, 6.45) is -1.93. The van der Waals surface area contributed by atoms with E-state index in [0.717, 1.165) is 10.9 Å². The summed E-state index contributed by atoms with van der Waals surface area (Å²) in [5.41, 5.74) is -0.696. The van der Waals surface area contributed by atoms with E-state index in [2.05, 4.69) is 10.1 Å². The molecule has 29 heavy (non-hydrogen) atoms. The van der Waals surface area contributed by atoms with Crippen LogP contribution < -0.4 is 0 Å². The normalized spacial score (nSPS) is 12.6. The molecule has 0 aliphatic carbocycles. The van der Waals surface area contributed by atoms with E-state index in [1.165, 1.54) is 20.0 Å². The van der Waals surface area contributed by atoms with Crippen molar-refractivity contribution in [2.45, 2.75) is 45.2 Å². The molecule has 5 nitrogen and oxygen atoms in total. The Kier molecular flexibility index (Phi) is 5.80. The molecule has 1 aromatic carbocycles. The average Bonchev–Trinajstić information content (AvgIpc) is 3.22. The molecular formula is C20H21ClF3N3O2. The van der Waals surface area contributed by atoms with Crippen LogP contribution in [0.4, 0.5) is 13.2 Å². The van der Waals surface area contributed by atoms with Crippen molar-refractivity contribution in [3.8, 4) is 22.4 Å². The third kappa shape index (κ3) is 4.49. The lowest BCUT2D eigenvalue weighted by molar-refractivity contribution is -0.144. The van der Waals surface area contributed by atoms with Crippen LogP contribution in [0.1, 0.15) is 31.5 Å². The van der Waals surface area contributed by atoms with Crippen molar-refractivity contribution in [1.82, 2.24) is 14.8 Å². The zero-order valence-corrected chi connectivity index (χ0v) is 16.6. The molecule has 0 amide bonds. The van der Waals surface area contributed by atoms with Gasteiger partial charge < -0.3 is 15.2 Å². The van der Waals surface area contributed by atoms with E-state index in [9.17, 15) is 23.4 Å². The van der Waals surface area contributed by atoms with Gasteiger partial charge in [-0.15, -0.1) is 0 Å². The van der Waals surface area contributed by atoms with Gasteiger partial charge in [0.25, 0.3) is 0 Å². The van der Waals surface area contributed by atoms with Crippen LogP contribution in [-0.2, 0) is 19.3 Å². The highest BCUT2D eigenvalue weighted by atomic mass is 35.5. The molecule has 0 aliphatic rings. The molecule has 0 aliphatic heterocycles. The van der Waals surface area contributed by atoms with Crippen LogP contribution >= 0.6 is 11.6 Å². The molecule has 156 valence electrons. The second-order valence-corrected chi connectivity index (χ2v) is 7.79. The number of nitrogens with one attached hydrogen (secondary N) is 1. The number of H-pyrrole nitrogens is 1. The molecule has 0 radical (unpaired) electrons. The standard InChI is InChI=1S/C20H21ClF3N3O2/c1-19(2,29)7-8-27-18(20(22,23)24)14(10-26-27)17-15(11-28)13(9-25-17)12-5-3-4-6-16(12)21/h3-6,9-10,25,28-29H,7-8,11H2,1-2H3. The van der Waals surface area contributed by atoms with Crippen LogP contribution in [0.5, 0.6) is 0 Å². The molecule has 3 rings (SSSR count). The van der Waals surface area contributed by atoms with Crippen LogP contribution in [0.2, 0.25) is 5.02 Å². The minimum Gasteiger partial charge on any atom is -0.392 e. The molecular weight excluding hydrogens is 407 g/mol. The van der Waals surface area contributed by atoms with Crippen molar-refractivity contribution in [2.24, 2.45) is 0 Å². The van der Waals surface area contributed by atoms with Crippen LogP contribution in [-0.4, -0.2) is 30.6 Å². The first-order valence-corrected chi connectivity index (χ1v) is 9.32. The highest BCUT2D eigenvalue weighted by Crippen LogP contribution is 2.41. The Bertz CT molecular complexity index is 1000. The molecule has 2 heterocycles. The molecule has 0 unspecified atom stereocenters. The number of benzene rings is 1. The van der Waals surface area contributed by atoms with E-state index >= 15 is 0 Å². The third-order valence-electron chi connectivity index (χ3n) is 4.62. The van der Waals surface area contributed by atoms with Crippen molar-refractivity contribution in [1.29, 1.82) is 0 Å². The maximum absolute atomic E-state index is 13.9. The topological polar surface area (TPSA) is 74.1 Å². The second kappa shape index (κ2) is 7.85. The number of alkyl halides is 3. The summed E-state index contributed by atoms with van der Waals surface area (Å²) in [5, 5.41) is 24.1. The van der Waals surface area contributed by atoms with E-state index < -0.39 is 24.1 Å². The van der Waals surface area contributed by atoms with E-state index in [1.807, 2.05) is 0 Å². The van der Waals surface area contributed by atoms with Crippen LogP contribution in [0.3, 0.4) is 0 Å². The number of aliphatic hydroxyl groups is 2. The Labute approximate surface area is 170 Å². The summed E-state index contributed by atoms with van der Waals surface area (Å²) in [5.74, 6) is 0. The Balaban J connectivity index is 2.12. The maximum atomic E-state index is 13.9. The van der Waals surface area contributed by atoms with Gasteiger partial charge in [-0.25, -0.2) is 0 Å². The van der Waals surface area contributed by atoms with Gasteiger partial charge in [0.1, 0.15) is 0 Å². The summed E-state index contributed by atoms with van der Waals surface area (Å²) in [6.45, 7) is 2.46. The number of rotatable bonds is 6. The van der Waals surface area contributed by atoms with E-state index in [0.29, 0.717) is 21.7 Å². The van der Waals surface area contributed by atoms with Gasteiger partial charge in [-0.2, -0.15) is 18.3 Å². The van der Waals surface area contributed by atoms with Crippen LogP contribution in [0.25, 0.3) is 22.4 Å². The fourth-order valence-corrected chi connectivity index (χ4v) is 3.43. The summed E-state index contributed by atoms with van der Waals surface area (Å²) in [6, 6.07) is 6.89. The first kappa shape index (κ1) is 21.4. The fourth-order valence-electron chi connectivity index (χ4n) is 3.19. The molecule has 3 N–H and O–H groups in total. The van der Waals surface area contributed by atoms with E-state index in [-0.39, 0.29) is 24.2 Å². The molecule has 9 heteroatoms. The van der Waals surface area contributed by atoms with Crippen molar-refractivity contribution < 1.29 is 23.4 Å². The predicted molar refractivity (Wildman–Crippen MR) is 104 cm³/mol. The first-order valence-electron chi connectivity index (χ1n) is 8.94. The maximum Gasteiger partial charge on any atom is 0.433 e. The van der Waals surface area contributed by atoms with E-state index in [1.54, 1.807) is 24.3 Å². The number of aromatic amines is 1. The molecule has 0 fully saturated rings. The highest BCUT2D eigenvalue weighted by molar-refractivity contribution is 6.33. The molecule has 2 aromatic heterocycles. The summed E-state index contributed by atoms with van der Waals surface area (Å²) in [4.78, 5) is 2.84. The number of aromatic nitrogens is 3. The Hall–Kier alpha value is -2.29. The van der Waals surface area contributed by atoms with Crippen LogP contribution in [0.15, 0.2) is 36.7 Å². The lowest BCUT2D eigenvalue weighted by atomic mass is 10.0. The number of aryl methyl sites for hydroxylation is 1. The van der Waals surface area contributed by atoms with Crippen molar-refractivity contribution >= 4 is 11.6 Å². The van der Waals surface area contributed by atoms with Gasteiger partial charge in [0, 0.05) is 40.0 Å². The van der Waals surface area contributed by atoms with Gasteiger partial charge in [-0.1, -0.05) is 29.8 Å². The monoisotopic (exact) mass is 427 g/mol. The van der Waals surface area contributed by atoms with Gasteiger partial charge in [0.05, 0.1) is 24.1 Å². The number of hydrogen-bond donors (Lipinski definition) is 3. The molecule has 0 saturated heterocycles. The third-order valence-corrected chi connectivity index (χ3v) is 4.95. The highest BCUT2D eigenvalue weighted by Gasteiger charge is 2.39. The Morgan fingerprint density at radius 1 is 1.14 bits per heavy atom. The van der Waals surface area contributed by atoms with Gasteiger partial charge in [0.2, 0.25) is 0 Å². The predicted octanol–water partition coefficient (Wildman–Crippen LogP) is 4.87. The molecule has 0 bridgehead atoms. The summed E-state index contributed by atoms with van der Waals surface area (Å²) >= 11 is 6.22. The fraction of sp³-hybridized carbons (Fsp3) is 0.350. The van der Waals surface area contributed by atoms with Gasteiger partial charge in [-0.3, -0.25) is 4.68 Å². The molecule has 0 spiro atoms. The lowest BCUT2D eigenvalue weighted by Gasteiger charge is -2.19. The largest absolute Gasteiger partial charge is 0.433 e. The molecule has 3 aromatic rings. The Morgan fingerprint density at radius 2 is 1.83 bits per heavy atom. The number of nitrogens with zero attached hydrogens (tertiary/aromatic N) is 2. The van der Waals surface area contributed by atoms with Crippen LogP contribution in [0, 0.1) is 0 Å². The van der Waals surface area contributed by atoms with Gasteiger partial charge >= 0.3 is 6.18 Å². The smallest absolute Gasteiger partial charge is 0.392 e. The first-order chi connectivity index (χ1) is 13.5. The quantitative estimate of drug-likeness (QED) is 0.525. The van der Waals surface area contributed by atoms with Crippen molar-refractivity contribution in [3.05, 3.63) is 52.9 Å². The zero-order valence-electron chi connectivity index (χ0n) is 15.9. The van der Waals surface area contributed by atoms with E-state index in [4.69, 9.17) is 11.6 Å². The Morgan fingerprint density at radius 3 is 2.41 bits per heavy atom. The van der Waals surface area contributed by atoms with Crippen molar-refractivity contribution in [3.63, 3.8) is 0 Å². The molecule has 0 saturated carbocycles. The van der Waals surface area contributed by atoms with Crippen molar-refractivity contribution in [2.75, 3.05) is 0 Å². The lowest BCUT2D eigenvalue weighted by Crippen LogP contribution is -2.24. The number of hydrogen-bond acceptors (Lipinski definition) is 3. The van der Waals surface area contributed by atoms with Gasteiger partial charge in [0.15, 0.2) is 5.69 Å². The number of halogens is 4.